The number of phenols is 1. The molecule has 0 fully saturated rings. The predicted octanol–water partition coefficient (Wildman–Crippen LogP) is 5.68. The number of benzene rings is 3. The highest BCUT2D eigenvalue weighted by molar-refractivity contribution is 5.97. The summed E-state index contributed by atoms with van der Waals surface area (Å²) in [5.74, 6) is 0.881. The molecule has 4 heteroatoms. The zero-order chi connectivity index (χ0) is 20.8. The van der Waals surface area contributed by atoms with Crippen molar-refractivity contribution < 1.29 is 14.6 Å². The van der Waals surface area contributed by atoms with Gasteiger partial charge in [-0.05, 0) is 60.7 Å². The van der Waals surface area contributed by atoms with Crippen LogP contribution in [0.5, 0.6) is 17.2 Å². The normalized spacial score (nSPS) is 10.6. The number of aromatic hydroxyl groups is 1. The second kappa shape index (κ2) is 9.28. The number of rotatable bonds is 7. The van der Waals surface area contributed by atoms with E-state index in [9.17, 15) is 9.90 Å². The molecule has 2 N–H and O–H groups in total. The molecule has 0 saturated carbocycles. The van der Waals surface area contributed by atoms with Crippen molar-refractivity contribution in [1.29, 1.82) is 0 Å². The van der Waals surface area contributed by atoms with Gasteiger partial charge in [0, 0.05) is 6.54 Å². The van der Waals surface area contributed by atoms with Crippen LogP contribution in [0.25, 0.3) is 0 Å². The smallest absolute Gasteiger partial charge is 0.255 e. The Kier molecular flexibility index (Phi) is 6.55. The molecule has 3 aromatic carbocycles. The van der Waals surface area contributed by atoms with E-state index in [0.29, 0.717) is 12.3 Å². The molecule has 29 heavy (non-hydrogen) atoms. The van der Waals surface area contributed by atoms with E-state index in [-0.39, 0.29) is 17.2 Å². The number of aryl methyl sites for hydroxylation is 3. The van der Waals surface area contributed by atoms with E-state index in [1.165, 1.54) is 11.6 Å². The molecule has 0 aliphatic heterocycles. The molecule has 0 atom stereocenters. The molecule has 0 aromatic heterocycles. The third-order valence-electron chi connectivity index (χ3n) is 4.79. The van der Waals surface area contributed by atoms with Gasteiger partial charge in [0.2, 0.25) is 0 Å². The Bertz CT molecular complexity index is 973. The van der Waals surface area contributed by atoms with Gasteiger partial charge in [-0.2, -0.15) is 0 Å². The lowest BCUT2D eigenvalue weighted by Gasteiger charge is -2.15. The molecule has 0 aliphatic carbocycles. The van der Waals surface area contributed by atoms with Gasteiger partial charge >= 0.3 is 0 Å². The van der Waals surface area contributed by atoms with Gasteiger partial charge in [-0.15, -0.1) is 0 Å². The number of amides is 1. The lowest BCUT2D eigenvalue weighted by molar-refractivity contribution is 0.0948. The largest absolute Gasteiger partial charge is 0.507 e. The maximum Gasteiger partial charge on any atom is 0.255 e. The van der Waals surface area contributed by atoms with Crippen molar-refractivity contribution >= 4 is 5.91 Å². The van der Waals surface area contributed by atoms with Gasteiger partial charge in [0.25, 0.3) is 5.91 Å². The number of hydrogen-bond acceptors (Lipinski definition) is 3. The summed E-state index contributed by atoms with van der Waals surface area (Å²) < 4.78 is 6.09. The topological polar surface area (TPSA) is 58.6 Å². The molecule has 3 rings (SSSR count). The Labute approximate surface area is 172 Å². The van der Waals surface area contributed by atoms with Crippen LogP contribution >= 0.6 is 0 Å². The minimum Gasteiger partial charge on any atom is -0.507 e. The number of carbonyl (C=O) groups is 1. The minimum atomic E-state index is -0.344. The van der Waals surface area contributed by atoms with E-state index in [1.807, 2.05) is 44.2 Å². The average Bonchev–Trinajstić information content (AvgIpc) is 2.71. The summed E-state index contributed by atoms with van der Waals surface area (Å²) in [6.07, 6.45) is 2.13. The number of ether oxygens (including phenoxy) is 1. The maximum absolute atomic E-state index is 12.6. The fourth-order valence-corrected chi connectivity index (χ4v) is 3.39. The first kappa shape index (κ1) is 20.5. The quantitative estimate of drug-likeness (QED) is 0.546. The van der Waals surface area contributed by atoms with Crippen molar-refractivity contribution in [2.24, 2.45) is 0 Å². The lowest BCUT2D eigenvalue weighted by atomic mass is 10.0. The summed E-state index contributed by atoms with van der Waals surface area (Å²) in [5.41, 5.74) is 4.58. The van der Waals surface area contributed by atoms with Crippen LogP contribution in [0, 0.1) is 13.8 Å². The lowest BCUT2D eigenvalue weighted by Crippen LogP contribution is -2.22. The highest BCUT2D eigenvalue weighted by Crippen LogP contribution is 2.32. The van der Waals surface area contributed by atoms with Crippen LogP contribution < -0.4 is 10.1 Å². The van der Waals surface area contributed by atoms with Crippen LogP contribution in [0.15, 0.2) is 60.7 Å². The van der Waals surface area contributed by atoms with Crippen molar-refractivity contribution in [2.75, 3.05) is 0 Å². The molecule has 150 valence electrons. The van der Waals surface area contributed by atoms with E-state index in [4.69, 9.17) is 4.74 Å². The van der Waals surface area contributed by atoms with E-state index >= 15 is 0 Å². The monoisotopic (exact) mass is 389 g/mol. The van der Waals surface area contributed by atoms with Gasteiger partial charge in [0.1, 0.15) is 17.2 Å². The average molecular weight is 389 g/mol. The van der Waals surface area contributed by atoms with Crippen molar-refractivity contribution in [2.45, 2.75) is 40.2 Å². The van der Waals surface area contributed by atoms with Crippen LogP contribution in [0.1, 0.15) is 46.0 Å². The van der Waals surface area contributed by atoms with Crippen molar-refractivity contribution in [3.05, 3.63) is 88.5 Å². The van der Waals surface area contributed by atoms with Crippen LogP contribution in [-0.4, -0.2) is 11.0 Å². The van der Waals surface area contributed by atoms with Gasteiger partial charge in [0.05, 0.1) is 5.56 Å². The summed E-state index contributed by atoms with van der Waals surface area (Å²) in [6, 6.07) is 18.7. The summed E-state index contributed by atoms with van der Waals surface area (Å²) >= 11 is 0. The minimum absolute atomic E-state index is 0.0744. The van der Waals surface area contributed by atoms with E-state index in [0.717, 1.165) is 35.3 Å². The van der Waals surface area contributed by atoms with Crippen molar-refractivity contribution in [3.63, 3.8) is 0 Å². The van der Waals surface area contributed by atoms with Crippen LogP contribution in [0.4, 0.5) is 0 Å². The predicted molar refractivity (Wildman–Crippen MR) is 116 cm³/mol. The molecule has 0 unspecified atom stereocenters. The number of hydrogen-bond donors (Lipinski definition) is 2. The third kappa shape index (κ3) is 5.17. The van der Waals surface area contributed by atoms with Crippen LogP contribution in [-0.2, 0) is 13.0 Å². The standard InChI is InChI=1S/C25H27NO3/c1-4-8-20-13-17(2)24(18(3)14-20)29-21-11-12-23(27)22(15-21)25(28)26-16-19-9-6-5-7-10-19/h5-7,9-15,27H,4,8,16H2,1-3H3,(H,26,28). The molecule has 1 amide bonds. The first-order chi connectivity index (χ1) is 14.0. The van der Waals surface area contributed by atoms with Gasteiger partial charge in [-0.3, -0.25) is 4.79 Å². The number of nitrogens with one attached hydrogen (secondary N) is 1. The molecule has 4 nitrogen and oxygen atoms in total. The van der Waals surface area contributed by atoms with Crippen molar-refractivity contribution in [1.82, 2.24) is 5.32 Å². The molecular formula is C25H27NO3. The first-order valence-corrected chi connectivity index (χ1v) is 9.91. The zero-order valence-corrected chi connectivity index (χ0v) is 17.2. The second-order valence-corrected chi connectivity index (χ2v) is 7.26. The highest BCUT2D eigenvalue weighted by atomic mass is 16.5. The number of carbonyl (C=O) groups excluding carboxylic acids is 1. The Morgan fingerprint density at radius 3 is 2.31 bits per heavy atom. The molecule has 0 saturated heterocycles. The van der Waals surface area contributed by atoms with Crippen LogP contribution in [0.3, 0.4) is 0 Å². The molecule has 0 spiro atoms. The first-order valence-electron chi connectivity index (χ1n) is 9.91. The van der Waals surface area contributed by atoms with Gasteiger partial charge in [0.15, 0.2) is 0 Å². The Morgan fingerprint density at radius 1 is 0.966 bits per heavy atom. The molecule has 0 heterocycles. The van der Waals surface area contributed by atoms with Gasteiger partial charge in [-0.1, -0.05) is 55.8 Å². The van der Waals surface area contributed by atoms with Gasteiger partial charge < -0.3 is 15.2 Å². The van der Waals surface area contributed by atoms with E-state index in [2.05, 4.69) is 24.4 Å². The summed E-state index contributed by atoms with van der Waals surface area (Å²) in [7, 11) is 0. The second-order valence-electron chi connectivity index (χ2n) is 7.26. The Balaban J connectivity index is 1.78. The van der Waals surface area contributed by atoms with Crippen LogP contribution in [0.2, 0.25) is 0 Å². The molecular weight excluding hydrogens is 362 g/mol. The SMILES string of the molecule is CCCc1cc(C)c(Oc2ccc(O)c(C(=O)NCc3ccccc3)c2)c(C)c1. The third-order valence-corrected chi connectivity index (χ3v) is 4.79. The molecule has 0 radical (unpaired) electrons. The van der Waals surface area contributed by atoms with E-state index < -0.39 is 0 Å². The Morgan fingerprint density at radius 2 is 1.66 bits per heavy atom. The van der Waals surface area contributed by atoms with Crippen molar-refractivity contribution in [3.8, 4) is 17.2 Å². The maximum atomic E-state index is 12.6. The number of phenolic OH excluding ortho intramolecular Hbond substituents is 1. The Hall–Kier alpha value is -3.27. The zero-order valence-electron chi connectivity index (χ0n) is 17.2. The van der Waals surface area contributed by atoms with Gasteiger partial charge in [-0.25, -0.2) is 0 Å². The fraction of sp³-hybridized carbons (Fsp3) is 0.240. The summed E-state index contributed by atoms with van der Waals surface area (Å²) in [4.78, 5) is 12.6. The molecule has 3 aromatic rings. The molecule has 0 aliphatic rings. The molecule has 0 bridgehead atoms. The fourth-order valence-electron chi connectivity index (χ4n) is 3.39. The summed E-state index contributed by atoms with van der Waals surface area (Å²) in [5, 5.41) is 13.0. The highest BCUT2D eigenvalue weighted by Gasteiger charge is 2.14. The van der Waals surface area contributed by atoms with E-state index in [1.54, 1.807) is 12.1 Å². The summed E-state index contributed by atoms with van der Waals surface area (Å²) in [6.45, 7) is 6.60.